The van der Waals surface area contributed by atoms with Crippen molar-refractivity contribution in [2.24, 2.45) is 5.92 Å². The van der Waals surface area contributed by atoms with Crippen LogP contribution in [0.25, 0.3) is 10.9 Å². The van der Waals surface area contributed by atoms with Gasteiger partial charge < -0.3 is 30.2 Å². The summed E-state index contributed by atoms with van der Waals surface area (Å²) in [5, 5.41) is 9.28. The second-order valence-electron chi connectivity index (χ2n) is 11.7. The number of rotatable bonds is 11. The van der Waals surface area contributed by atoms with Crippen molar-refractivity contribution in [1.82, 2.24) is 15.6 Å². The summed E-state index contributed by atoms with van der Waals surface area (Å²) < 4.78 is 33.0. The number of nitrogens with one attached hydrogen (secondary N) is 3. The first kappa shape index (κ1) is 32.5. The van der Waals surface area contributed by atoms with Crippen LogP contribution in [0.5, 0.6) is 23.0 Å². The summed E-state index contributed by atoms with van der Waals surface area (Å²) in [7, 11) is 1.56. The van der Waals surface area contributed by atoms with Crippen molar-refractivity contribution in [3.63, 3.8) is 0 Å². The third kappa shape index (κ3) is 8.08. The number of hydrogen-bond acceptors (Lipinski definition) is 7. The van der Waals surface area contributed by atoms with E-state index in [1.807, 2.05) is 60.7 Å². The van der Waals surface area contributed by atoms with Gasteiger partial charge in [0.1, 0.15) is 5.75 Å². The highest BCUT2D eigenvalue weighted by atomic mass is 19.1. The van der Waals surface area contributed by atoms with Gasteiger partial charge in [-0.3, -0.25) is 14.6 Å². The van der Waals surface area contributed by atoms with Gasteiger partial charge in [-0.2, -0.15) is 0 Å². The Morgan fingerprint density at radius 3 is 2.35 bits per heavy atom. The first-order valence-electron chi connectivity index (χ1n) is 15.9. The molecule has 2 heterocycles. The first-order valence-corrected chi connectivity index (χ1v) is 15.9. The van der Waals surface area contributed by atoms with E-state index in [1.54, 1.807) is 31.5 Å². The number of benzene rings is 4. The maximum atomic E-state index is 15.3. The molecule has 1 fully saturated rings. The summed E-state index contributed by atoms with van der Waals surface area (Å²) in [4.78, 5) is 30.3. The Morgan fingerprint density at radius 1 is 0.875 bits per heavy atom. The van der Waals surface area contributed by atoms with Crippen LogP contribution in [0.1, 0.15) is 30.0 Å². The number of amides is 2. The van der Waals surface area contributed by atoms with Crippen molar-refractivity contribution in [3.05, 3.63) is 120 Å². The lowest BCUT2D eigenvalue weighted by atomic mass is 9.99. The number of pyridine rings is 1. The molecular formula is C38H37FN4O5. The molecule has 9 nitrogen and oxygen atoms in total. The molecule has 0 aliphatic carbocycles. The number of anilines is 1. The molecule has 1 saturated heterocycles. The highest BCUT2D eigenvalue weighted by molar-refractivity contribution is 6.39. The Bertz CT molecular complexity index is 1870. The van der Waals surface area contributed by atoms with Gasteiger partial charge in [-0.1, -0.05) is 60.7 Å². The zero-order valence-electron chi connectivity index (χ0n) is 26.6. The lowest BCUT2D eigenvalue weighted by Crippen LogP contribution is -2.38. The summed E-state index contributed by atoms with van der Waals surface area (Å²) in [5.74, 6) is -0.614. The summed E-state index contributed by atoms with van der Waals surface area (Å²) in [6.45, 7) is 2.54. The fourth-order valence-electron chi connectivity index (χ4n) is 5.72. The monoisotopic (exact) mass is 648 g/mol. The number of fused-ring (bicyclic) bond motifs is 1. The van der Waals surface area contributed by atoms with E-state index in [-0.39, 0.29) is 11.4 Å². The number of nitrogens with zero attached hydrogens (tertiary/aromatic N) is 1. The van der Waals surface area contributed by atoms with Crippen LogP contribution in [-0.2, 0) is 16.0 Å². The van der Waals surface area contributed by atoms with E-state index in [2.05, 4.69) is 20.9 Å². The van der Waals surface area contributed by atoms with E-state index in [1.165, 1.54) is 12.1 Å². The van der Waals surface area contributed by atoms with E-state index in [0.29, 0.717) is 47.1 Å². The van der Waals surface area contributed by atoms with Crippen molar-refractivity contribution in [3.8, 4) is 23.0 Å². The van der Waals surface area contributed by atoms with Gasteiger partial charge in [0.2, 0.25) is 0 Å². The van der Waals surface area contributed by atoms with Gasteiger partial charge in [-0.05, 0) is 73.7 Å². The summed E-state index contributed by atoms with van der Waals surface area (Å²) in [6.07, 6.45) is 4.17. The third-order valence-electron chi connectivity index (χ3n) is 8.33. The molecule has 1 unspecified atom stereocenters. The number of halogens is 1. The lowest BCUT2D eigenvalue weighted by molar-refractivity contribution is -0.136. The molecule has 246 valence electrons. The maximum absolute atomic E-state index is 15.3. The lowest BCUT2D eigenvalue weighted by Gasteiger charge is -2.23. The summed E-state index contributed by atoms with van der Waals surface area (Å²) >= 11 is 0. The molecule has 4 aromatic carbocycles. The van der Waals surface area contributed by atoms with E-state index < -0.39 is 23.7 Å². The molecule has 1 aromatic heterocycles. The molecule has 5 aromatic rings. The van der Waals surface area contributed by atoms with Gasteiger partial charge in [-0.15, -0.1) is 0 Å². The Kier molecular flexibility index (Phi) is 10.4. The van der Waals surface area contributed by atoms with Crippen molar-refractivity contribution in [2.45, 2.75) is 25.3 Å². The van der Waals surface area contributed by atoms with Crippen LogP contribution in [0.2, 0.25) is 0 Å². The minimum atomic E-state index is -0.914. The van der Waals surface area contributed by atoms with Crippen LogP contribution in [-0.4, -0.2) is 43.6 Å². The van der Waals surface area contributed by atoms with Gasteiger partial charge in [0.05, 0.1) is 25.3 Å². The number of hydrogen-bond donors (Lipinski definition) is 3. The van der Waals surface area contributed by atoms with Gasteiger partial charge in [0.15, 0.2) is 23.1 Å². The molecule has 1 aliphatic rings. The topological polar surface area (TPSA) is 111 Å². The maximum Gasteiger partial charge on any atom is 0.313 e. The molecular weight excluding hydrogens is 611 g/mol. The zero-order chi connectivity index (χ0) is 33.3. The second-order valence-corrected chi connectivity index (χ2v) is 11.7. The quantitative estimate of drug-likeness (QED) is 0.139. The van der Waals surface area contributed by atoms with Gasteiger partial charge in [-0.25, -0.2) is 4.39 Å². The first-order chi connectivity index (χ1) is 23.5. The minimum Gasteiger partial charge on any atom is -0.493 e. The predicted octanol–water partition coefficient (Wildman–Crippen LogP) is 6.59. The summed E-state index contributed by atoms with van der Waals surface area (Å²) in [5.41, 5.74) is 2.57. The fraction of sp³-hybridized carbons (Fsp3) is 0.237. The van der Waals surface area contributed by atoms with E-state index in [0.717, 1.165) is 43.1 Å². The van der Waals surface area contributed by atoms with Crippen LogP contribution < -0.4 is 30.2 Å². The fourth-order valence-corrected chi connectivity index (χ4v) is 5.72. The molecule has 6 rings (SSSR count). The van der Waals surface area contributed by atoms with Crippen LogP contribution in [0.4, 0.5) is 10.1 Å². The van der Waals surface area contributed by atoms with E-state index in [9.17, 15) is 9.59 Å². The van der Waals surface area contributed by atoms with Gasteiger partial charge in [0.25, 0.3) is 0 Å². The molecule has 3 N–H and O–H groups in total. The number of carbonyl (C=O) groups excluding carboxylic acids is 2. The van der Waals surface area contributed by atoms with Gasteiger partial charge in [0, 0.05) is 29.4 Å². The van der Waals surface area contributed by atoms with Crippen molar-refractivity contribution in [2.75, 3.05) is 32.1 Å². The van der Waals surface area contributed by atoms with Crippen molar-refractivity contribution in [1.29, 1.82) is 0 Å². The Morgan fingerprint density at radius 2 is 1.62 bits per heavy atom. The molecule has 0 radical (unpaired) electrons. The van der Waals surface area contributed by atoms with Crippen LogP contribution in [0.15, 0.2) is 103 Å². The average Bonchev–Trinajstić information content (AvgIpc) is 3.12. The highest BCUT2D eigenvalue weighted by Gasteiger charge is 2.22. The molecule has 0 saturated carbocycles. The SMILES string of the molecule is COc1cc2c(Oc3ccc(NC(=O)C(=O)NC(Cc4ccccc4)c4ccccc4)cc3F)ccnc2cc1OCC1CCNCC1. The predicted molar refractivity (Wildman–Crippen MR) is 182 cm³/mol. The average molecular weight is 649 g/mol. The number of methoxy groups -OCH3 is 1. The number of carbonyl (C=O) groups is 2. The smallest absolute Gasteiger partial charge is 0.313 e. The molecule has 1 aliphatic heterocycles. The molecule has 0 spiro atoms. The number of aromatic nitrogens is 1. The van der Waals surface area contributed by atoms with Crippen LogP contribution in [0.3, 0.4) is 0 Å². The van der Waals surface area contributed by atoms with Crippen LogP contribution >= 0.6 is 0 Å². The Labute approximate surface area is 278 Å². The molecule has 0 bridgehead atoms. The Balaban J connectivity index is 1.12. The van der Waals surface area contributed by atoms with E-state index >= 15 is 4.39 Å². The molecule has 1 atom stereocenters. The van der Waals surface area contributed by atoms with E-state index in [4.69, 9.17) is 14.2 Å². The third-order valence-corrected chi connectivity index (χ3v) is 8.33. The number of piperidine rings is 1. The highest BCUT2D eigenvalue weighted by Crippen LogP contribution is 2.38. The zero-order valence-corrected chi connectivity index (χ0v) is 26.6. The molecule has 48 heavy (non-hydrogen) atoms. The number of ether oxygens (including phenoxy) is 3. The minimum absolute atomic E-state index is 0.0674. The largest absolute Gasteiger partial charge is 0.493 e. The van der Waals surface area contributed by atoms with Gasteiger partial charge >= 0.3 is 11.8 Å². The Hall–Kier alpha value is -5.48. The van der Waals surface area contributed by atoms with Crippen molar-refractivity contribution >= 4 is 28.4 Å². The van der Waals surface area contributed by atoms with Crippen molar-refractivity contribution < 1.29 is 28.2 Å². The van der Waals surface area contributed by atoms with Crippen LogP contribution in [0, 0.1) is 11.7 Å². The standard InChI is InChI=1S/C38H37FN4O5/c1-46-35-22-29-32(23-36(35)47-24-26-14-17-40-18-15-26)41-19-16-33(29)48-34-13-12-28(21-30(34)39)42-37(44)38(45)43-31(27-10-6-3-7-11-27)20-25-8-4-2-5-9-25/h2-13,16,19,21-23,26,31,40H,14-15,17-18,20,24H2,1H3,(H,42,44)(H,43,45). The second kappa shape index (κ2) is 15.4. The molecule has 10 heteroatoms. The summed E-state index contributed by atoms with van der Waals surface area (Å²) in [6, 6.07) is 27.8. The molecule has 2 amide bonds. The normalized spacial score (nSPS) is 13.8.